The average Bonchev–Trinajstić information content (AvgIpc) is 2.54. The topological polar surface area (TPSA) is 72.2 Å². The van der Waals surface area contributed by atoms with Gasteiger partial charge in [-0.3, -0.25) is 14.9 Å². The van der Waals surface area contributed by atoms with E-state index in [0.717, 1.165) is 12.0 Å². The van der Waals surface area contributed by atoms with Crippen LogP contribution in [-0.2, 0) is 11.2 Å². The first-order valence-electron chi connectivity index (χ1n) is 6.89. The number of hydrogen-bond donors (Lipinski definition) is 1. The van der Waals surface area contributed by atoms with E-state index in [0.29, 0.717) is 6.54 Å². The van der Waals surface area contributed by atoms with Gasteiger partial charge in [0.25, 0.3) is 5.69 Å². The van der Waals surface area contributed by atoms with Crippen molar-refractivity contribution in [1.82, 2.24) is 5.32 Å². The molecule has 22 heavy (non-hydrogen) atoms. The van der Waals surface area contributed by atoms with Crippen molar-refractivity contribution >= 4 is 17.7 Å². The summed E-state index contributed by atoms with van der Waals surface area (Å²) in [5.41, 5.74) is 1.94. The van der Waals surface area contributed by atoms with Crippen LogP contribution in [0.4, 0.5) is 5.69 Å². The maximum Gasteiger partial charge on any atom is 0.269 e. The minimum Gasteiger partial charge on any atom is -0.352 e. The van der Waals surface area contributed by atoms with Crippen LogP contribution >= 0.6 is 0 Å². The van der Waals surface area contributed by atoms with Gasteiger partial charge in [0.1, 0.15) is 0 Å². The van der Waals surface area contributed by atoms with Gasteiger partial charge in [0.05, 0.1) is 4.92 Å². The summed E-state index contributed by atoms with van der Waals surface area (Å²) < 4.78 is 0. The molecule has 5 heteroatoms. The molecule has 1 N–H and O–H groups in total. The van der Waals surface area contributed by atoms with Gasteiger partial charge in [-0.25, -0.2) is 0 Å². The monoisotopic (exact) mass is 296 g/mol. The summed E-state index contributed by atoms with van der Waals surface area (Å²) in [7, 11) is 0. The lowest BCUT2D eigenvalue weighted by Crippen LogP contribution is -2.23. The fraction of sp³-hybridized carbons (Fsp3) is 0.118. The largest absolute Gasteiger partial charge is 0.352 e. The maximum atomic E-state index is 11.7. The van der Waals surface area contributed by atoms with Gasteiger partial charge in [0.15, 0.2) is 0 Å². The molecule has 0 bridgehead atoms. The quantitative estimate of drug-likeness (QED) is 0.506. The highest BCUT2D eigenvalue weighted by molar-refractivity contribution is 5.91. The van der Waals surface area contributed by atoms with Crippen molar-refractivity contribution in [3.63, 3.8) is 0 Å². The van der Waals surface area contributed by atoms with Crippen LogP contribution in [-0.4, -0.2) is 17.4 Å². The zero-order chi connectivity index (χ0) is 15.8. The number of rotatable bonds is 6. The zero-order valence-corrected chi connectivity index (χ0v) is 11.9. The molecule has 0 unspecified atom stereocenters. The molecule has 2 aromatic carbocycles. The van der Waals surface area contributed by atoms with Gasteiger partial charge in [-0.15, -0.1) is 0 Å². The number of amides is 1. The van der Waals surface area contributed by atoms with Crippen LogP contribution in [0.25, 0.3) is 6.08 Å². The molecule has 0 fully saturated rings. The van der Waals surface area contributed by atoms with E-state index in [1.54, 1.807) is 18.2 Å². The molecular weight excluding hydrogens is 280 g/mol. The zero-order valence-electron chi connectivity index (χ0n) is 11.9. The number of nitro groups is 1. The lowest BCUT2D eigenvalue weighted by atomic mass is 10.1. The highest BCUT2D eigenvalue weighted by Gasteiger charge is 2.02. The van der Waals surface area contributed by atoms with Gasteiger partial charge >= 0.3 is 0 Å². The second-order valence-corrected chi connectivity index (χ2v) is 4.71. The van der Waals surface area contributed by atoms with Crippen LogP contribution in [0.3, 0.4) is 0 Å². The number of carbonyl (C=O) groups excluding carboxylic acids is 1. The van der Waals surface area contributed by atoms with E-state index in [1.807, 2.05) is 30.3 Å². The Kier molecular flexibility index (Phi) is 5.43. The van der Waals surface area contributed by atoms with E-state index in [-0.39, 0.29) is 11.6 Å². The maximum absolute atomic E-state index is 11.7. The molecule has 0 atom stereocenters. The van der Waals surface area contributed by atoms with Crippen LogP contribution in [0.1, 0.15) is 11.1 Å². The molecule has 0 aliphatic heterocycles. The van der Waals surface area contributed by atoms with Crippen molar-refractivity contribution in [2.75, 3.05) is 6.54 Å². The summed E-state index contributed by atoms with van der Waals surface area (Å²) in [6.07, 6.45) is 3.83. The third-order valence-corrected chi connectivity index (χ3v) is 3.09. The summed E-state index contributed by atoms with van der Waals surface area (Å²) in [6.45, 7) is 0.563. The lowest BCUT2D eigenvalue weighted by Gasteiger charge is -2.02. The van der Waals surface area contributed by atoms with E-state index in [9.17, 15) is 14.9 Å². The SMILES string of the molecule is O=C(C=Cc1ccc([N+](=O)[O-])cc1)NCCc1ccccc1. The molecule has 0 aliphatic rings. The van der Waals surface area contributed by atoms with Crippen LogP contribution in [0.5, 0.6) is 0 Å². The predicted octanol–water partition coefficient (Wildman–Crippen LogP) is 2.97. The van der Waals surface area contributed by atoms with Crippen molar-refractivity contribution in [2.45, 2.75) is 6.42 Å². The molecule has 2 aromatic rings. The lowest BCUT2D eigenvalue weighted by molar-refractivity contribution is -0.384. The van der Waals surface area contributed by atoms with Crippen molar-refractivity contribution in [2.24, 2.45) is 0 Å². The van der Waals surface area contributed by atoms with Crippen molar-refractivity contribution in [3.8, 4) is 0 Å². The van der Waals surface area contributed by atoms with Crippen LogP contribution in [0.2, 0.25) is 0 Å². The third kappa shape index (κ3) is 4.86. The van der Waals surface area contributed by atoms with Crippen LogP contribution < -0.4 is 5.32 Å². The molecule has 0 heterocycles. The third-order valence-electron chi connectivity index (χ3n) is 3.09. The van der Waals surface area contributed by atoms with E-state index in [1.165, 1.54) is 23.8 Å². The Bertz CT molecular complexity index is 664. The minimum absolute atomic E-state index is 0.0319. The van der Waals surface area contributed by atoms with Crippen LogP contribution in [0.15, 0.2) is 60.7 Å². The number of non-ortho nitro benzene ring substituents is 1. The van der Waals surface area contributed by atoms with Crippen molar-refractivity contribution in [3.05, 3.63) is 81.9 Å². The fourth-order valence-corrected chi connectivity index (χ4v) is 1.91. The first-order valence-corrected chi connectivity index (χ1v) is 6.89. The highest BCUT2D eigenvalue weighted by atomic mass is 16.6. The Labute approximate surface area is 128 Å². The molecular formula is C17H16N2O3. The standard InChI is InChI=1S/C17H16N2O3/c20-17(18-13-12-14-4-2-1-3-5-14)11-8-15-6-9-16(10-7-15)19(21)22/h1-11H,12-13H2,(H,18,20). The number of benzene rings is 2. The van der Waals surface area contributed by atoms with E-state index in [4.69, 9.17) is 0 Å². The summed E-state index contributed by atoms with van der Waals surface area (Å²) >= 11 is 0. The summed E-state index contributed by atoms with van der Waals surface area (Å²) in [6, 6.07) is 15.9. The normalized spacial score (nSPS) is 10.5. The van der Waals surface area contributed by atoms with Crippen LogP contribution in [0, 0.1) is 10.1 Å². The number of nitrogens with zero attached hydrogens (tertiary/aromatic N) is 1. The first kappa shape index (κ1) is 15.4. The van der Waals surface area contributed by atoms with Gasteiger partial charge < -0.3 is 5.32 Å². The second-order valence-electron chi connectivity index (χ2n) is 4.71. The number of nitro benzene ring substituents is 1. The number of nitrogens with one attached hydrogen (secondary N) is 1. The Balaban J connectivity index is 1.80. The molecule has 112 valence electrons. The summed E-state index contributed by atoms with van der Waals surface area (Å²) in [5, 5.41) is 13.3. The Morgan fingerprint density at radius 3 is 2.41 bits per heavy atom. The first-order chi connectivity index (χ1) is 10.6. The Morgan fingerprint density at radius 2 is 1.77 bits per heavy atom. The number of hydrogen-bond acceptors (Lipinski definition) is 3. The van der Waals surface area contributed by atoms with E-state index < -0.39 is 4.92 Å². The molecule has 1 amide bonds. The molecule has 0 aromatic heterocycles. The molecule has 2 rings (SSSR count). The summed E-state index contributed by atoms with van der Waals surface area (Å²) in [5.74, 6) is -0.186. The molecule has 0 saturated heterocycles. The number of carbonyl (C=O) groups is 1. The second kappa shape index (κ2) is 7.73. The molecule has 5 nitrogen and oxygen atoms in total. The highest BCUT2D eigenvalue weighted by Crippen LogP contribution is 2.12. The Hall–Kier alpha value is -2.95. The molecule has 0 aliphatic carbocycles. The molecule has 0 saturated carbocycles. The van der Waals surface area contributed by atoms with Crippen molar-refractivity contribution in [1.29, 1.82) is 0 Å². The van der Waals surface area contributed by atoms with Gasteiger partial charge in [-0.2, -0.15) is 0 Å². The average molecular weight is 296 g/mol. The van der Waals surface area contributed by atoms with Gasteiger partial charge in [0.2, 0.25) is 5.91 Å². The predicted molar refractivity (Wildman–Crippen MR) is 85.3 cm³/mol. The van der Waals surface area contributed by atoms with Gasteiger partial charge in [0, 0.05) is 24.8 Å². The van der Waals surface area contributed by atoms with Gasteiger partial charge in [-0.1, -0.05) is 30.3 Å². The minimum atomic E-state index is -0.455. The fourth-order valence-electron chi connectivity index (χ4n) is 1.91. The van der Waals surface area contributed by atoms with Crippen molar-refractivity contribution < 1.29 is 9.72 Å². The Morgan fingerprint density at radius 1 is 1.09 bits per heavy atom. The smallest absolute Gasteiger partial charge is 0.269 e. The van der Waals surface area contributed by atoms with Gasteiger partial charge in [-0.05, 0) is 35.8 Å². The van der Waals surface area contributed by atoms with E-state index >= 15 is 0 Å². The molecule has 0 spiro atoms. The van der Waals surface area contributed by atoms with E-state index in [2.05, 4.69) is 5.32 Å². The summed E-state index contributed by atoms with van der Waals surface area (Å²) in [4.78, 5) is 21.8. The molecule has 0 radical (unpaired) electrons.